The molecule has 0 saturated carbocycles. The van der Waals surface area contributed by atoms with Crippen LogP contribution in [0.2, 0.25) is 0 Å². The zero-order valence-electron chi connectivity index (χ0n) is 13.1. The highest BCUT2D eigenvalue weighted by atomic mass is 19.3. The van der Waals surface area contributed by atoms with E-state index in [2.05, 4.69) is 10.3 Å². The fourth-order valence-electron chi connectivity index (χ4n) is 2.23. The van der Waals surface area contributed by atoms with E-state index in [1.165, 1.54) is 38.4 Å². The number of para-hydroxylation sites is 1. The van der Waals surface area contributed by atoms with Gasteiger partial charge in [0.05, 0.1) is 13.2 Å². The summed E-state index contributed by atoms with van der Waals surface area (Å²) in [5.74, 6) is -5.13. The summed E-state index contributed by atoms with van der Waals surface area (Å²) in [7, 11) is 1.39. The minimum Gasteiger partial charge on any atom is -0.496 e. The first-order valence-corrected chi connectivity index (χ1v) is 7.05. The van der Waals surface area contributed by atoms with E-state index in [1.807, 2.05) is 0 Å². The van der Waals surface area contributed by atoms with Gasteiger partial charge < -0.3 is 10.1 Å². The number of aromatic nitrogens is 1. The second kappa shape index (κ2) is 7.04. The molecule has 0 radical (unpaired) electrons. The van der Waals surface area contributed by atoms with Gasteiger partial charge in [0, 0.05) is 11.8 Å². The molecular formula is C17H15F2N3O2. The summed E-state index contributed by atoms with van der Waals surface area (Å²) in [6.07, 6.45) is 1.19. The van der Waals surface area contributed by atoms with E-state index in [0.29, 0.717) is 11.3 Å². The van der Waals surface area contributed by atoms with Gasteiger partial charge in [0.25, 0.3) is 5.91 Å². The van der Waals surface area contributed by atoms with Crippen LogP contribution in [0.15, 0.2) is 42.6 Å². The van der Waals surface area contributed by atoms with Crippen LogP contribution < -0.4 is 10.1 Å². The first-order chi connectivity index (χ1) is 11.4. The number of hydrogen-bond donors (Lipinski definition) is 1. The predicted molar refractivity (Wildman–Crippen MR) is 82.4 cm³/mol. The average Bonchev–Trinajstić information content (AvgIpc) is 2.59. The van der Waals surface area contributed by atoms with Crippen LogP contribution in [0.3, 0.4) is 0 Å². The van der Waals surface area contributed by atoms with Crippen LogP contribution in [0.25, 0.3) is 0 Å². The lowest BCUT2D eigenvalue weighted by Gasteiger charge is -2.20. The molecule has 0 aliphatic carbocycles. The van der Waals surface area contributed by atoms with Crippen molar-refractivity contribution in [3.05, 3.63) is 59.4 Å². The van der Waals surface area contributed by atoms with Gasteiger partial charge >= 0.3 is 5.92 Å². The molecule has 1 amide bonds. The zero-order chi connectivity index (χ0) is 17.7. The smallest absolute Gasteiger partial charge is 0.366 e. The Morgan fingerprint density at radius 3 is 2.67 bits per heavy atom. The van der Waals surface area contributed by atoms with E-state index in [1.54, 1.807) is 24.3 Å². The summed E-state index contributed by atoms with van der Waals surface area (Å²) in [5, 5.41) is 11.3. The molecule has 1 aromatic carbocycles. The van der Waals surface area contributed by atoms with Crippen LogP contribution in [0, 0.1) is 18.3 Å². The van der Waals surface area contributed by atoms with Gasteiger partial charge in [-0.05, 0) is 24.6 Å². The highest BCUT2D eigenvalue weighted by molar-refractivity contribution is 5.85. The van der Waals surface area contributed by atoms with Gasteiger partial charge in [-0.2, -0.15) is 14.0 Å². The Balaban J connectivity index is 2.30. The summed E-state index contributed by atoms with van der Waals surface area (Å²) < 4.78 is 33.9. The molecule has 24 heavy (non-hydrogen) atoms. The van der Waals surface area contributed by atoms with Crippen LogP contribution in [0.5, 0.6) is 5.75 Å². The number of amides is 1. The van der Waals surface area contributed by atoms with Crippen molar-refractivity contribution in [1.82, 2.24) is 10.3 Å². The minimum absolute atomic E-state index is 0.184. The summed E-state index contributed by atoms with van der Waals surface area (Å²) in [6, 6.07) is 9.85. The van der Waals surface area contributed by atoms with Crippen molar-refractivity contribution >= 4 is 5.91 Å². The van der Waals surface area contributed by atoms with Crippen LogP contribution in [0.4, 0.5) is 8.78 Å². The number of nitriles is 1. The number of aryl methyl sites for hydroxylation is 1. The molecule has 1 atom stereocenters. The number of methoxy groups -OCH3 is 1. The highest BCUT2D eigenvalue weighted by Gasteiger charge is 2.44. The van der Waals surface area contributed by atoms with Gasteiger partial charge in [-0.15, -0.1) is 0 Å². The molecule has 1 aromatic heterocycles. The Hall–Kier alpha value is -3.01. The fourth-order valence-corrected chi connectivity index (χ4v) is 2.23. The van der Waals surface area contributed by atoms with Crippen LogP contribution in [0.1, 0.15) is 22.9 Å². The van der Waals surface area contributed by atoms with E-state index < -0.39 is 23.6 Å². The Labute approximate surface area is 137 Å². The van der Waals surface area contributed by atoms with Gasteiger partial charge in [0.15, 0.2) is 0 Å². The van der Waals surface area contributed by atoms with Gasteiger partial charge in [-0.1, -0.05) is 24.3 Å². The van der Waals surface area contributed by atoms with Gasteiger partial charge in [0.1, 0.15) is 17.5 Å². The molecular weight excluding hydrogens is 316 g/mol. The van der Waals surface area contributed by atoms with Gasteiger partial charge in [-0.25, -0.2) is 0 Å². The van der Waals surface area contributed by atoms with Crippen molar-refractivity contribution < 1.29 is 18.3 Å². The number of ether oxygens (including phenoxy) is 1. The third-order valence-corrected chi connectivity index (χ3v) is 3.45. The van der Waals surface area contributed by atoms with Crippen LogP contribution >= 0.6 is 0 Å². The lowest BCUT2D eigenvalue weighted by Crippen LogP contribution is -2.40. The normalized spacial score (nSPS) is 12.1. The number of rotatable bonds is 5. The number of alkyl halides is 2. The van der Waals surface area contributed by atoms with E-state index in [9.17, 15) is 18.8 Å². The van der Waals surface area contributed by atoms with E-state index in [-0.39, 0.29) is 5.56 Å². The topological polar surface area (TPSA) is 75.0 Å². The number of nitrogens with zero attached hydrogens (tertiary/aromatic N) is 2. The molecule has 2 aromatic rings. The average molecular weight is 331 g/mol. The third kappa shape index (κ3) is 3.33. The monoisotopic (exact) mass is 331 g/mol. The Kier molecular flexibility index (Phi) is 5.09. The molecule has 1 N–H and O–H groups in total. The van der Waals surface area contributed by atoms with Crippen molar-refractivity contribution in [2.75, 3.05) is 7.11 Å². The Bertz CT molecular complexity index is 787. The molecule has 5 nitrogen and oxygen atoms in total. The lowest BCUT2D eigenvalue weighted by atomic mass is 10.0. The summed E-state index contributed by atoms with van der Waals surface area (Å²) in [6.45, 7) is 1.44. The first-order valence-electron chi connectivity index (χ1n) is 7.05. The highest BCUT2D eigenvalue weighted by Crippen LogP contribution is 2.31. The molecule has 1 heterocycles. The zero-order valence-corrected chi connectivity index (χ0v) is 13.1. The first kappa shape index (κ1) is 17.3. The maximum absolute atomic E-state index is 14.4. The standard InChI is InChI=1S/C17H15F2N3O2/c1-11-6-5-9-21-15(11)17(18,19)16(23)22-13(10-20)12-7-3-4-8-14(12)24-2/h3-9,13H,1-2H3,(H,22,23). The molecule has 0 aliphatic rings. The summed E-state index contributed by atoms with van der Waals surface area (Å²) in [5.41, 5.74) is -0.160. The quantitative estimate of drug-likeness (QED) is 0.914. The van der Waals surface area contributed by atoms with E-state index in [4.69, 9.17) is 4.74 Å². The van der Waals surface area contributed by atoms with Crippen LogP contribution in [-0.2, 0) is 10.7 Å². The second-order valence-corrected chi connectivity index (χ2v) is 5.02. The molecule has 0 fully saturated rings. The van der Waals surface area contributed by atoms with Crippen molar-refractivity contribution in [2.24, 2.45) is 0 Å². The number of pyridine rings is 1. The fraction of sp³-hybridized carbons (Fsp3) is 0.235. The van der Waals surface area contributed by atoms with Crippen molar-refractivity contribution in [1.29, 1.82) is 5.26 Å². The molecule has 0 bridgehead atoms. The van der Waals surface area contributed by atoms with Gasteiger partial charge in [0.2, 0.25) is 0 Å². The summed E-state index contributed by atoms with van der Waals surface area (Å²) >= 11 is 0. The SMILES string of the molecule is COc1ccccc1C(C#N)NC(=O)C(F)(F)c1ncccc1C. The number of benzene rings is 1. The van der Waals surface area contributed by atoms with Gasteiger partial charge in [-0.3, -0.25) is 9.78 Å². The number of carbonyl (C=O) groups excluding carboxylic acids is 1. The molecule has 1 unspecified atom stereocenters. The third-order valence-electron chi connectivity index (χ3n) is 3.45. The second-order valence-electron chi connectivity index (χ2n) is 5.02. The minimum atomic E-state index is -3.86. The molecule has 0 spiro atoms. The van der Waals surface area contributed by atoms with E-state index in [0.717, 1.165) is 0 Å². The Morgan fingerprint density at radius 1 is 1.33 bits per heavy atom. The van der Waals surface area contributed by atoms with E-state index >= 15 is 0 Å². The molecule has 2 rings (SSSR count). The maximum Gasteiger partial charge on any atom is 0.366 e. The lowest BCUT2D eigenvalue weighted by molar-refractivity contribution is -0.148. The van der Waals surface area contributed by atoms with Crippen molar-refractivity contribution in [3.63, 3.8) is 0 Å². The maximum atomic E-state index is 14.4. The number of nitrogens with one attached hydrogen (secondary N) is 1. The predicted octanol–water partition coefficient (Wildman–Crippen LogP) is 2.87. The van der Waals surface area contributed by atoms with Crippen molar-refractivity contribution in [3.8, 4) is 11.8 Å². The largest absolute Gasteiger partial charge is 0.496 e. The summed E-state index contributed by atoms with van der Waals surface area (Å²) in [4.78, 5) is 15.7. The molecule has 124 valence electrons. The Morgan fingerprint density at radius 2 is 2.04 bits per heavy atom. The van der Waals surface area contributed by atoms with Crippen LogP contribution in [-0.4, -0.2) is 18.0 Å². The van der Waals surface area contributed by atoms with Crippen molar-refractivity contribution in [2.45, 2.75) is 18.9 Å². The molecule has 7 heteroatoms. The number of hydrogen-bond acceptors (Lipinski definition) is 4. The molecule has 0 aliphatic heterocycles. The molecule has 0 saturated heterocycles. The number of carbonyl (C=O) groups is 1. The number of halogens is 2.